The maximum Gasteiger partial charge on any atom is 0.245 e. The first-order valence-corrected chi connectivity index (χ1v) is 7.59. The van der Waals surface area contributed by atoms with E-state index in [2.05, 4.69) is 0 Å². The minimum absolute atomic E-state index is 0.0371. The van der Waals surface area contributed by atoms with E-state index in [1.165, 1.54) is 0 Å². The standard InChI is InChI=1S/C16H20N2O4/c1-16(17-7-9-22-10-8-17)14(19)11-13(15(16)18(20)21)12-5-3-2-4-6-12/h2-6,13,15H,7-11H2,1H3/t13-,15-,16-/m1/s1. The first kappa shape index (κ1) is 15.1. The summed E-state index contributed by atoms with van der Waals surface area (Å²) in [6.07, 6.45) is 0.226. The van der Waals surface area contributed by atoms with Gasteiger partial charge in [0.15, 0.2) is 5.78 Å². The third-order valence-corrected chi connectivity index (χ3v) is 5.05. The molecular weight excluding hydrogens is 284 g/mol. The van der Waals surface area contributed by atoms with E-state index >= 15 is 0 Å². The second kappa shape index (κ2) is 5.78. The van der Waals surface area contributed by atoms with Crippen LogP contribution in [0.5, 0.6) is 0 Å². The third kappa shape index (κ3) is 2.32. The highest BCUT2D eigenvalue weighted by molar-refractivity contribution is 5.92. The normalized spacial score (nSPS) is 33.0. The van der Waals surface area contributed by atoms with Crippen LogP contribution in [-0.4, -0.2) is 53.5 Å². The van der Waals surface area contributed by atoms with E-state index in [4.69, 9.17) is 4.74 Å². The Bertz CT molecular complexity index is 571. The van der Waals surface area contributed by atoms with Crippen LogP contribution in [0.15, 0.2) is 30.3 Å². The van der Waals surface area contributed by atoms with E-state index in [9.17, 15) is 14.9 Å². The number of Topliss-reactive ketones (excluding diaryl/α,β-unsaturated/α-hetero) is 1. The second-order valence-electron chi connectivity index (χ2n) is 6.12. The zero-order chi connectivity index (χ0) is 15.7. The first-order valence-electron chi connectivity index (χ1n) is 7.59. The van der Waals surface area contributed by atoms with Gasteiger partial charge in [-0.2, -0.15) is 0 Å². The summed E-state index contributed by atoms with van der Waals surface area (Å²) in [5.74, 6) is -0.401. The quantitative estimate of drug-likeness (QED) is 0.625. The van der Waals surface area contributed by atoms with Gasteiger partial charge in [0.2, 0.25) is 6.04 Å². The Morgan fingerprint density at radius 3 is 2.50 bits per heavy atom. The number of ketones is 1. The Morgan fingerprint density at radius 1 is 1.27 bits per heavy atom. The summed E-state index contributed by atoms with van der Waals surface area (Å²) in [4.78, 5) is 26.2. The van der Waals surface area contributed by atoms with Crippen LogP contribution in [0.1, 0.15) is 24.8 Å². The number of rotatable bonds is 3. The molecule has 0 radical (unpaired) electrons. The van der Waals surface area contributed by atoms with E-state index in [0.29, 0.717) is 26.3 Å². The van der Waals surface area contributed by atoms with Crippen molar-refractivity contribution >= 4 is 5.78 Å². The van der Waals surface area contributed by atoms with Crippen LogP contribution in [0.2, 0.25) is 0 Å². The number of nitrogens with zero attached hydrogens (tertiary/aromatic N) is 2. The molecule has 2 aliphatic rings. The van der Waals surface area contributed by atoms with Crippen molar-refractivity contribution in [1.82, 2.24) is 4.90 Å². The van der Waals surface area contributed by atoms with Crippen LogP contribution < -0.4 is 0 Å². The predicted molar refractivity (Wildman–Crippen MR) is 80.4 cm³/mol. The molecule has 6 heteroatoms. The van der Waals surface area contributed by atoms with Gasteiger partial charge in [0.25, 0.3) is 0 Å². The molecule has 0 bridgehead atoms. The molecule has 1 saturated heterocycles. The molecule has 0 N–H and O–H groups in total. The topological polar surface area (TPSA) is 72.7 Å². The number of ether oxygens (including phenoxy) is 1. The van der Waals surface area contributed by atoms with Gasteiger partial charge in [-0.05, 0) is 12.5 Å². The van der Waals surface area contributed by atoms with Crippen LogP contribution in [0.25, 0.3) is 0 Å². The molecule has 1 heterocycles. The average Bonchev–Trinajstić information content (AvgIpc) is 2.82. The fourth-order valence-corrected chi connectivity index (χ4v) is 3.82. The van der Waals surface area contributed by atoms with Crippen LogP contribution in [0, 0.1) is 10.1 Å². The van der Waals surface area contributed by atoms with Gasteiger partial charge in [0.1, 0.15) is 5.54 Å². The van der Waals surface area contributed by atoms with Crippen LogP contribution >= 0.6 is 0 Å². The lowest BCUT2D eigenvalue weighted by atomic mass is 9.86. The van der Waals surface area contributed by atoms with Gasteiger partial charge in [-0.3, -0.25) is 19.8 Å². The van der Waals surface area contributed by atoms with Gasteiger partial charge in [0, 0.05) is 24.4 Å². The molecule has 1 aliphatic carbocycles. The van der Waals surface area contributed by atoms with Gasteiger partial charge in [0.05, 0.1) is 19.1 Å². The molecule has 0 unspecified atom stereocenters. The minimum Gasteiger partial charge on any atom is -0.379 e. The van der Waals surface area contributed by atoms with E-state index < -0.39 is 11.6 Å². The van der Waals surface area contributed by atoms with Crippen molar-refractivity contribution in [1.29, 1.82) is 0 Å². The van der Waals surface area contributed by atoms with E-state index in [0.717, 1.165) is 5.56 Å². The SMILES string of the molecule is C[C@@]1(N2CCOCC2)C(=O)C[C@H](c2ccccc2)[C@H]1[N+](=O)[O-]. The third-order valence-electron chi connectivity index (χ3n) is 5.05. The molecule has 0 spiro atoms. The molecule has 3 rings (SSSR count). The van der Waals surface area contributed by atoms with Crippen molar-refractivity contribution in [2.45, 2.75) is 30.8 Å². The fraction of sp³-hybridized carbons (Fsp3) is 0.562. The minimum atomic E-state index is -1.05. The zero-order valence-corrected chi connectivity index (χ0v) is 12.6. The largest absolute Gasteiger partial charge is 0.379 e. The molecule has 2 fully saturated rings. The summed E-state index contributed by atoms with van der Waals surface area (Å²) in [5, 5.41) is 11.8. The van der Waals surface area contributed by atoms with Gasteiger partial charge in [-0.15, -0.1) is 0 Å². The van der Waals surface area contributed by atoms with E-state index in [-0.39, 0.29) is 23.0 Å². The Labute approximate surface area is 129 Å². The highest BCUT2D eigenvalue weighted by Crippen LogP contribution is 2.43. The van der Waals surface area contributed by atoms with Crippen LogP contribution in [0.3, 0.4) is 0 Å². The number of carbonyl (C=O) groups is 1. The molecule has 1 aromatic carbocycles. The molecule has 0 amide bonds. The molecule has 3 atom stereocenters. The number of carbonyl (C=O) groups excluding carboxylic acids is 1. The van der Waals surface area contributed by atoms with Crippen molar-refractivity contribution in [2.24, 2.45) is 0 Å². The van der Waals surface area contributed by atoms with Crippen molar-refractivity contribution in [2.75, 3.05) is 26.3 Å². The summed E-state index contributed by atoms with van der Waals surface area (Å²) in [7, 11) is 0. The molecule has 6 nitrogen and oxygen atoms in total. The zero-order valence-electron chi connectivity index (χ0n) is 12.6. The summed E-state index contributed by atoms with van der Waals surface area (Å²) >= 11 is 0. The Hall–Kier alpha value is -1.79. The lowest BCUT2D eigenvalue weighted by Crippen LogP contribution is -2.61. The van der Waals surface area contributed by atoms with E-state index in [1.54, 1.807) is 6.92 Å². The summed E-state index contributed by atoms with van der Waals surface area (Å²) in [6, 6.07) is 8.44. The Morgan fingerprint density at radius 2 is 1.91 bits per heavy atom. The molecular formula is C16H20N2O4. The maximum atomic E-state index is 12.7. The van der Waals surface area contributed by atoms with Crippen LogP contribution in [-0.2, 0) is 9.53 Å². The number of hydrogen-bond donors (Lipinski definition) is 0. The smallest absolute Gasteiger partial charge is 0.245 e. The summed E-state index contributed by atoms with van der Waals surface area (Å²) in [5.41, 5.74) is -0.178. The van der Waals surface area contributed by atoms with Crippen molar-refractivity contribution in [3.63, 3.8) is 0 Å². The summed E-state index contributed by atoms with van der Waals surface area (Å²) in [6.45, 7) is 3.89. The highest BCUT2D eigenvalue weighted by atomic mass is 16.6. The van der Waals surface area contributed by atoms with Crippen molar-refractivity contribution < 1.29 is 14.5 Å². The Kier molecular flexibility index (Phi) is 3.97. The van der Waals surface area contributed by atoms with E-state index in [1.807, 2.05) is 35.2 Å². The number of nitro groups is 1. The van der Waals surface area contributed by atoms with Crippen molar-refractivity contribution in [3.05, 3.63) is 46.0 Å². The molecule has 1 aromatic rings. The van der Waals surface area contributed by atoms with Crippen LogP contribution in [0.4, 0.5) is 0 Å². The molecule has 1 aliphatic heterocycles. The summed E-state index contributed by atoms with van der Waals surface area (Å²) < 4.78 is 5.32. The average molecular weight is 304 g/mol. The number of hydrogen-bond acceptors (Lipinski definition) is 5. The van der Waals surface area contributed by atoms with Gasteiger partial charge >= 0.3 is 0 Å². The fourth-order valence-electron chi connectivity index (χ4n) is 3.82. The molecule has 22 heavy (non-hydrogen) atoms. The maximum absolute atomic E-state index is 12.7. The molecule has 118 valence electrons. The monoisotopic (exact) mass is 304 g/mol. The first-order chi connectivity index (χ1) is 10.5. The Balaban J connectivity index is 1.99. The van der Waals surface area contributed by atoms with Crippen molar-refractivity contribution in [3.8, 4) is 0 Å². The van der Waals surface area contributed by atoms with Gasteiger partial charge in [-0.1, -0.05) is 30.3 Å². The molecule has 0 aromatic heterocycles. The highest BCUT2D eigenvalue weighted by Gasteiger charge is 2.62. The lowest BCUT2D eigenvalue weighted by molar-refractivity contribution is -0.536. The van der Waals surface area contributed by atoms with Gasteiger partial charge < -0.3 is 4.74 Å². The second-order valence-corrected chi connectivity index (χ2v) is 6.12. The predicted octanol–water partition coefficient (Wildman–Crippen LogP) is 1.48. The van der Waals surface area contributed by atoms with Gasteiger partial charge in [-0.25, -0.2) is 0 Å². The number of benzene rings is 1. The lowest BCUT2D eigenvalue weighted by Gasteiger charge is -2.40. The number of morpholine rings is 1. The molecule has 1 saturated carbocycles.